The smallest absolute Gasteiger partial charge is 0.163 e. The van der Waals surface area contributed by atoms with Crippen LogP contribution in [0, 0.1) is 6.57 Å². The Morgan fingerprint density at radius 1 is 1.18 bits per heavy atom. The van der Waals surface area contributed by atoms with Gasteiger partial charge in [0.1, 0.15) is 0 Å². The Morgan fingerprint density at radius 3 is 2.64 bits per heavy atom. The summed E-state index contributed by atoms with van der Waals surface area (Å²) in [6.45, 7) is 12.2. The molecule has 0 radical (unpaired) electrons. The van der Waals surface area contributed by atoms with E-state index in [0.29, 0.717) is 0 Å². The van der Waals surface area contributed by atoms with Crippen molar-refractivity contribution in [3.05, 3.63) is 46.3 Å². The van der Waals surface area contributed by atoms with Crippen molar-refractivity contribution in [1.82, 2.24) is 0 Å². The molecule has 22 heavy (non-hydrogen) atoms. The van der Waals surface area contributed by atoms with Crippen LogP contribution in [0.5, 0.6) is 0 Å². The van der Waals surface area contributed by atoms with Gasteiger partial charge in [-0.3, -0.25) is 0 Å². The summed E-state index contributed by atoms with van der Waals surface area (Å²) in [5.41, 5.74) is 0.733. The fourth-order valence-electron chi connectivity index (χ4n) is 2.53. The van der Waals surface area contributed by atoms with Crippen LogP contribution in [0.3, 0.4) is 0 Å². The Hall–Kier alpha value is -1.83. The van der Waals surface area contributed by atoms with E-state index in [1.807, 2.05) is 24.3 Å². The maximum atomic E-state index is 7.04. The first-order chi connectivity index (χ1) is 10.6. The topological polar surface area (TPSA) is 7.60 Å². The first-order valence-electron chi connectivity index (χ1n) is 7.34. The summed E-state index contributed by atoms with van der Waals surface area (Å²) in [6, 6.07) is 9.02. The second kappa shape index (κ2) is 6.12. The molecule has 0 N–H and O–H groups in total. The number of hydrogen-bond acceptors (Lipinski definition) is 3. The van der Waals surface area contributed by atoms with Crippen molar-refractivity contribution in [3.8, 4) is 0 Å². The summed E-state index contributed by atoms with van der Waals surface area (Å²) in [5.74, 6) is 0. The molecule has 112 valence electrons. The standard InChI is InChI=1S/C18H18N2S2/c1-5-6-20(4)18-10-14-8-13-9-15(7-12(2)19-3)21-16(13)11-17(14)22-18/h7-11H,5-6H2,1-2,4H3/b12-7-. The maximum absolute atomic E-state index is 7.04. The number of rotatable bonds is 4. The summed E-state index contributed by atoms with van der Waals surface area (Å²) < 4.78 is 2.63. The predicted molar refractivity (Wildman–Crippen MR) is 101 cm³/mol. The number of allylic oxidation sites excluding steroid dienone is 1. The maximum Gasteiger partial charge on any atom is 0.163 e. The van der Waals surface area contributed by atoms with Gasteiger partial charge in [0.05, 0.1) is 11.6 Å². The Kier molecular flexibility index (Phi) is 4.19. The van der Waals surface area contributed by atoms with Gasteiger partial charge in [0.2, 0.25) is 0 Å². The molecule has 4 heteroatoms. The summed E-state index contributed by atoms with van der Waals surface area (Å²) in [6.07, 6.45) is 3.13. The van der Waals surface area contributed by atoms with Crippen molar-refractivity contribution in [2.75, 3.05) is 18.5 Å². The minimum Gasteiger partial charge on any atom is -0.366 e. The van der Waals surface area contributed by atoms with Gasteiger partial charge in [0, 0.05) is 27.9 Å². The van der Waals surface area contributed by atoms with E-state index in [-0.39, 0.29) is 0 Å². The van der Waals surface area contributed by atoms with E-state index in [2.05, 4.69) is 48.0 Å². The van der Waals surface area contributed by atoms with E-state index in [0.717, 1.165) is 23.5 Å². The Morgan fingerprint density at radius 2 is 1.91 bits per heavy atom. The molecule has 3 aromatic rings. The molecule has 0 saturated heterocycles. The third-order valence-electron chi connectivity index (χ3n) is 3.62. The summed E-state index contributed by atoms with van der Waals surface area (Å²) in [5, 5.41) is 3.91. The number of hydrogen-bond donors (Lipinski definition) is 0. The molecule has 2 nitrogen and oxygen atoms in total. The molecule has 0 saturated carbocycles. The van der Waals surface area contributed by atoms with Gasteiger partial charge in [0.15, 0.2) is 5.70 Å². The normalized spacial score (nSPS) is 12.0. The van der Waals surface area contributed by atoms with Crippen molar-refractivity contribution in [3.63, 3.8) is 0 Å². The Bertz CT molecular complexity index is 842. The number of nitrogens with zero attached hydrogens (tertiary/aromatic N) is 2. The summed E-state index contributed by atoms with van der Waals surface area (Å²) in [4.78, 5) is 6.94. The van der Waals surface area contributed by atoms with Crippen LogP contribution in [0.15, 0.2) is 30.0 Å². The van der Waals surface area contributed by atoms with Crippen LogP contribution < -0.4 is 4.90 Å². The van der Waals surface area contributed by atoms with Gasteiger partial charge in [-0.2, -0.15) is 0 Å². The fourth-order valence-corrected chi connectivity index (χ4v) is 4.75. The molecule has 0 aliphatic rings. The molecule has 0 unspecified atom stereocenters. The van der Waals surface area contributed by atoms with Crippen molar-refractivity contribution in [2.45, 2.75) is 20.3 Å². The van der Waals surface area contributed by atoms with E-state index in [1.165, 1.54) is 25.2 Å². The van der Waals surface area contributed by atoms with Gasteiger partial charge in [-0.05, 0) is 54.5 Å². The molecule has 2 heterocycles. The third kappa shape index (κ3) is 2.87. The monoisotopic (exact) mass is 326 g/mol. The molecule has 0 amide bonds. The zero-order valence-electron chi connectivity index (χ0n) is 13.0. The highest BCUT2D eigenvalue weighted by molar-refractivity contribution is 7.24. The zero-order chi connectivity index (χ0) is 15.7. The number of thiophene rings is 2. The summed E-state index contributed by atoms with van der Waals surface area (Å²) in [7, 11) is 2.16. The molecule has 0 bridgehead atoms. The van der Waals surface area contributed by atoms with Gasteiger partial charge in [-0.1, -0.05) is 6.92 Å². The van der Waals surface area contributed by atoms with Crippen molar-refractivity contribution < 1.29 is 0 Å². The van der Waals surface area contributed by atoms with Crippen LogP contribution in [-0.4, -0.2) is 13.6 Å². The van der Waals surface area contributed by atoms with Crippen LogP contribution in [0.1, 0.15) is 25.1 Å². The predicted octanol–water partition coefficient (Wildman–Crippen LogP) is 6.24. The number of anilines is 1. The third-order valence-corrected chi connectivity index (χ3v) is 5.88. The quantitative estimate of drug-likeness (QED) is 0.515. The lowest BCUT2D eigenvalue weighted by Crippen LogP contribution is -2.15. The molecule has 1 aromatic carbocycles. The average molecular weight is 326 g/mol. The largest absolute Gasteiger partial charge is 0.366 e. The van der Waals surface area contributed by atoms with Gasteiger partial charge in [-0.25, -0.2) is 4.85 Å². The Labute approximate surface area is 139 Å². The van der Waals surface area contributed by atoms with E-state index >= 15 is 0 Å². The highest BCUT2D eigenvalue weighted by atomic mass is 32.1. The molecule has 3 rings (SSSR count). The summed E-state index contributed by atoms with van der Waals surface area (Å²) >= 11 is 3.61. The number of benzene rings is 1. The molecular formula is C18H18N2S2. The molecule has 2 aromatic heterocycles. The lowest BCUT2D eigenvalue weighted by molar-refractivity contribution is 0.859. The van der Waals surface area contributed by atoms with Gasteiger partial charge in [-0.15, -0.1) is 22.7 Å². The minimum absolute atomic E-state index is 0.733. The van der Waals surface area contributed by atoms with Crippen LogP contribution >= 0.6 is 22.7 Å². The van der Waals surface area contributed by atoms with E-state index in [4.69, 9.17) is 6.57 Å². The zero-order valence-corrected chi connectivity index (χ0v) is 14.6. The Balaban J connectivity index is 2.04. The average Bonchev–Trinajstić information content (AvgIpc) is 3.06. The molecular weight excluding hydrogens is 308 g/mol. The van der Waals surface area contributed by atoms with Crippen molar-refractivity contribution >= 4 is 53.9 Å². The molecule has 0 fully saturated rings. The fraction of sp³-hybridized carbons (Fsp3) is 0.278. The van der Waals surface area contributed by atoms with E-state index in [9.17, 15) is 0 Å². The molecule has 0 atom stereocenters. The van der Waals surface area contributed by atoms with Crippen LogP contribution in [0.4, 0.5) is 5.00 Å². The molecule has 0 spiro atoms. The van der Waals surface area contributed by atoms with E-state index < -0.39 is 0 Å². The van der Waals surface area contributed by atoms with Crippen LogP contribution in [-0.2, 0) is 0 Å². The van der Waals surface area contributed by atoms with Crippen LogP contribution in [0.25, 0.3) is 31.1 Å². The lowest BCUT2D eigenvalue weighted by atomic mass is 10.2. The minimum atomic E-state index is 0.733. The van der Waals surface area contributed by atoms with Gasteiger partial charge in [0.25, 0.3) is 0 Å². The SMILES string of the molecule is [C-]#[N+]/C(C)=C\c1cc2cc3cc(N(C)CCC)sc3cc2s1. The first kappa shape index (κ1) is 15.1. The molecule has 0 aliphatic heterocycles. The number of fused-ring (bicyclic) bond motifs is 2. The highest BCUT2D eigenvalue weighted by Gasteiger charge is 2.09. The first-order valence-corrected chi connectivity index (χ1v) is 8.98. The second-order valence-electron chi connectivity index (χ2n) is 5.48. The van der Waals surface area contributed by atoms with Crippen molar-refractivity contribution in [1.29, 1.82) is 0 Å². The van der Waals surface area contributed by atoms with E-state index in [1.54, 1.807) is 11.3 Å². The highest BCUT2D eigenvalue weighted by Crippen LogP contribution is 2.37. The van der Waals surface area contributed by atoms with Crippen molar-refractivity contribution in [2.24, 2.45) is 0 Å². The second-order valence-corrected chi connectivity index (χ2v) is 7.66. The van der Waals surface area contributed by atoms with Crippen LogP contribution in [0.2, 0.25) is 0 Å². The van der Waals surface area contributed by atoms with Gasteiger partial charge < -0.3 is 4.90 Å². The molecule has 0 aliphatic carbocycles. The lowest BCUT2D eigenvalue weighted by Gasteiger charge is -2.14. The van der Waals surface area contributed by atoms with Gasteiger partial charge >= 0.3 is 0 Å².